The molecule has 1 aliphatic rings. The van der Waals surface area contributed by atoms with Crippen molar-refractivity contribution in [1.82, 2.24) is 24.1 Å². The fraction of sp³-hybridized carbons (Fsp3) is 0.242. The van der Waals surface area contributed by atoms with Crippen LogP contribution in [0, 0.1) is 13.8 Å². The van der Waals surface area contributed by atoms with Gasteiger partial charge in [0.2, 0.25) is 10.0 Å². The maximum Gasteiger partial charge on any atom is 0.236 e. The van der Waals surface area contributed by atoms with Crippen LogP contribution in [0.25, 0.3) is 22.8 Å². The Balaban J connectivity index is 1.35. The van der Waals surface area contributed by atoms with Crippen molar-refractivity contribution in [2.75, 3.05) is 31.1 Å². The van der Waals surface area contributed by atoms with Gasteiger partial charge in [0.05, 0.1) is 16.8 Å². The molecule has 8 nitrogen and oxygen atoms in total. The predicted molar refractivity (Wildman–Crippen MR) is 168 cm³/mol. The molecule has 0 radical (unpaired) electrons. The van der Waals surface area contributed by atoms with Crippen molar-refractivity contribution in [3.63, 3.8) is 0 Å². The van der Waals surface area contributed by atoms with E-state index in [1.165, 1.54) is 11.0 Å². The second-order valence-corrected chi connectivity index (χ2v) is 12.5. The lowest BCUT2D eigenvalue weighted by Crippen LogP contribution is -2.34. The third-order valence-corrected chi connectivity index (χ3v) is 9.12. The van der Waals surface area contributed by atoms with Crippen molar-refractivity contribution in [1.29, 1.82) is 0 Å². The molecule has 0 saturated carbocycles. The standard InChI is InChI=1S/C33H34N6O2S/c1-25-14-16-28(17-15-25)24-30-34-32(31-26(2)36-39(33(31)35-30)29-12-7-4-8-13-29)37-19-9-20-38(22-21-37)42(40,41)23-18-27-10-5-3-6-11-27/h3-8,10-18,23H,9,19-22,24H2,1-2H3/b23-18+. The van der Waals surface area contributed by atoms with Crippen molar-refractivity contribution >= 4 is 33.0 Å². The van der Waals surface area contributed by atoms with Crippen molar-refractivity contribution < 1.29 is 8.42 Å². The van der Waals surface area contributed by atoms with Crippen molar-refractivity contribution in [2.24, 2.45) is 0 Å². The lowest BCUT2D eigenvalue weighted by atomic mass is 10.1. The highest BCUT2D eigenvalue weighted by Gasteiger charge is 2.27. The Morgan fingerprint density at radius 2 is 1.52 bits per heavy atom. The molecule has 0 amide bonds. The second-order valence-electron chi connectivity index (χ2n) is 10.7. The van der Waals surface area contributed by atoms with E-state index in [0.717, 1.165) is 39.4 Å². The van der Waals surface area contributed by atoms with Crippen molar-refractivity contribution in [2.45, 2.75) is 26.7 Å². The van der Waals surface area contributed by atoms with Crippen molar-refractivity contribution in [3.8, 4) is 5.69 Å². The van der Waals surface area contributed by atoms with Gasteiger partial charge in [-0.1, -0.05) is 78.4 Å². The molecule has 1 fully saturated rings. The summed E-state index contributed by atoms with van der Waals surface area (Å²) in [4.78, 5) is 12.3. The molecule has 2 aromatic heterocycles. The van der Waals surface area contributed by atoms with Crippen LogP contribution >= 0.6 is 0 Å². The van der Waals surface area contributed by atoms with Gasteiger partial charge >= 0.3 is 0 Å². The molecule has 9 heteroatoms. The van der Waals surface area contributed by atoms with Gasteiger partial charge in [0, 0.05) is 38.0 Å². The zero-order valence-electron chi connectivity index (χ0n) is 23.9. The van der Waals surface area contributed by atoms with Crippen LogP contribution < -0.4 is 4.90 Å². The molecule has 1 aliphatic heterocycles. The first-order valence-corrected chi connectivity index (χ1v) is 15.7. The van der Waals surface area contributed by atoms with E-state index in [0.29, 0.717) is 44.8 Å². The van der Waals surface area contributed by atoms with E-state index >= 15 is 0 Å². The minimum Gasteiger partial charge on any atom is -0.355 e. The summed E-state index contributed by atoms with van der Waals surface area (Å²) in [6.07, 6.45) is 2.93. The summed E-state index contributed by atoms with van der Waals surface area (Å²) in [5.74, 6) is 1.51. The molecule has 0 N–H and O–H groups in total. The molecular weight excluding hydrogens is 544 g/mol. The number of aromatic nitrogens is 4. The summed E-state index contributed by atoms with van der Waals surface area (Å²) < 4.78 is 29.9. The summed E-state index contributed by atoms with van der Waals surface area (Å²) in [6, 6.07) is 27.9. The number of hydrogen-bond acceptors (Lipinski definition) is 6. The number of nitrogens with zero attached hydrogens (tertiary/aromatic N) is 6. The molecule has 3 aromatic carbocycles. The fourth-order valence-corrected chi connectivity index (χ4v) is 6.55. The number of para-hydroxylation sites is 1. The number of fused-ring (bicyclic) bond motifs is 1. The van der Waals surface area contributed by atoms with Gasteiger partial charge in [-0.25, -0.2) is 23.1 Å². The van der Waals surface area contributed by atoms with Crippen LogP contribution in [0.3, 0.4) is 0 Å². The monoisotopic (exact) mass is 578 g/mol. The van der Waals surface area contributed by atoms with E-state index in [1.807, 2.05) is 72.3 Å². The molecule has 3 heterocycles. The third kappa shape index (κ3) is 5.98. The van der Waals surface area contributed by atoms with E-state index in [9.17, 15) is 8.42 Å². The van der Waals surface area contributed by atoms with Crippen LogP contribution in [0.15, 0.2) is 90.3 Å². The van der Waals surface area contributed by atoms with E-state index in [-0.39, 0.29) is 0 Å². The lowest BCUT2D eigenvalue weighted by Gasteiger charge is -2.23. The Morgan fingerprint density at radius 3 is 2.26 bits per heavy atom. The highest BCUT2D eigenvalue weighted by Crippen LogP contribution is 2.30. The highest BCUT2D eigenvalue weighted by molar-refractivity contribution is 7.92. The Hall–Kier alpha value is -4.34. The van der Waals surface area contributed by atoms with E-state index in [2.05, 4.69) is 36.1 Å². The van der Waals surface area contributed by atoms with Crippen LogP contribution in [0.5, 0.6) is 0 Å². The van der Waals surface area contributed by atoms with Crippen LogP contribution in [0.2, 0.25) is 0 Å². The number of rotatable bonds is 7. The Bertz CT molecular complexity index is 1820. The quantitative estimate of drug-likeness (QED) is 0.252. The van der Waals surface area contributed by atoms with Gasteiger partial charge in [0.1, 0.15) is 11.6 Å². The molecular formula is C33H34N6O2S. The zero-order valence-corrected chi connectivity index (χ0v) is 24.7. The number of benzene rings is 3. The summed E-state index contributed by atoms with van der Waals surface area (Å²) in [7, 11) is -3.57. The SMILES string of the molecule is Cc1ccc(Cc2nc(N3CCCN(S(=O)(=O)/C=C/c4ccccc4)CC3)c3c(C)nn(-c4ccccc4)c3n2)cc1. The maximum atomic E-state index is 13.2. The summed E-state index contributed by atoms with van der Waals surface area (Å²) in [6.45, 7) is 6.07. The highest BCUT2D eigenvalue weighted by atomic mass is 32.2. The fourth-order valence-electron chi connectivity index (χ4n) is 5.33. The van der Waals surface area contributed by atoms with Gasteiger partial charge in [0.15, 0.2) is 5.65 Å². The summed E-state index contributed by atoms with van der Waals surface area (Å²) >= 11 is 0. The number of aryl methyl sites for hydroxylation is 2. The van der Waals surface area contributed by atoms with Gasteiger partial charge in [0.25, 0.3) is 0 Å². The predicted octanol–water partition coefficient (Wildman–Crippen LogP) is 5.54. The molecule has 0 unspecified atom stereocenters. The maximum absolute atomic E-state index is 13.2. The van der Waals surface area contributed by atoms with Crippen molar-refractivity contribution in [3.05, 3.63) is 119 Å². The molecule has 214 valence electrons. The van der Waals surface area contributed by atoms with E-state index in [1.54, 1.807) is 10.4 Å². The number of anilines is 1. The molecule has 6 rings (SSSR count). The van der Waals surface area contributed by atoms with E-state index in [4.69, 9.17) is 15.1 Å². The van der Waals surface area contributed by atoms with Gasteiger partial charge in [-0.15, -0.1) is 0 Å². The van der Waals surface area contributed by atoms with Crippen LogP contribution in [0.4, 0.5) is 5.82 Å². The summed E-state index contributed by atoms with van der Waals surface area (Å²) in [5.41, 5.74) is 5.71. The minimum atomic E-state index is -3.57. The molecule has 0 bridgehead atoms. The van der Waals surface area contributed by atoms with E-state index < -0.39 is 10.0 Å². The zero-order chi connectivity index (χ0) is 29.1. The smallest absolute Gasteiger partial charge is 0.236 e. The van der Waals surface area contributed by atoms with Gasteiger partial charge in [-0.3, -0.25) is 0 Å². The molecule has 42 heavy (non-hydrogen) atoms. The first-order valence-electron chi connectivity index (χ1n) is 14.2. The molecule has 1 saturated heterocycles. The largest absolute Gasteiger partial charge is 0.355 e. The lowest BCUT2D eigenvalue weighted by molar-refractivity contribution is 0.440. The van der Waals surface area contributed by atoms with Crippen LogP contribution in [0.1, 0.15) is 34.6 Å². The molecule has 0 spiro atoms. The first-order chi connectivity index (χ1) is 20.4. The molecule has 0 aliphatic carbocycles. The first kappa shape index (κ1) is 27.8. The van der Waals surface area contributed by atoms with Gasteiger partial charge < -0.3 is 4.90 Å². The normalized spacial score (nSPS) is 15.0. The Kier molecular flexibility index (Phi) is 7.86. The summed E-state index contributed by atoms with van der Waals surface area (Å²) in [5, 5.41) is 7.09. The number of hydrogen-bond donors (Lipinski definition) is 0. The Morgan fingerprint density at radius 1 is 0.810 bits per heavy atom. The van der Waals surface area contributed by atoms with Crippen LogP contribution in [-0.4, -0.2) is 58.7 Å². The number of sulfonamides is 1. The molecule has 5 aromatic rings. The van der Waals surface area contributed by atoms with Gasteiger partial charge in [-0.05, 0) is 49.6 Å². The van der Waals surface area contributed by atoms with Crippen LogP contribution in [-0.2, 0) is 16.4 Å². The third-order valence-electron chi connectivity index (χ3n) is 7.56. The topological polar surface area (TPSA) is 84.2 Å². The average molecular weight is 579 g/mol. The average Bonchev–Trinajstić information content (AvgIpc) is 3.16. The second kappa shape index (κ2) is 11.9. The van der Waals surface area contributed by atoms with Gasteiger partial charge in [-0.2, -0.15) is 9.40 Å². The molecule has 0 atom stereocenters. The minimum absolute atomic E-state index is 0.367. The Labute approximate surface area is 247 Å².